The number of primary sulfonamides is 1. The number of rotatable bonds is 5. The zero-order valence-electron chi connectivity index (χ0n) is 10.6. The van der Waals surface area contributed by atoms with Gasteiger partial charge in [-0.15, -0.1) is 0 Å². The van der Waals surface area contributed by atoms with Crippen LogP contribution in [0.5, 0.6) is 0 Å². The van der Waals surface area contributed by atoms with Crippen molar-refractivity contribution in [3.05, 3.63) is 18.2 Å². The zero-order valence-corrected chi connectivity index (χ0v) is 11.4. The normalized spacial score (nSPS) is 19.5. The first-order valence-corrected chi connectivity index (χ1v) is 7.78. The minimum absolute atomic E-state index is 0.0205. The van der Waals surface area contributed by atoms with Crippen molar-refractivity contribution in [3.63, 3.8) is 0 Å². The predicted octanol–water partition coefficient (Wildman–Crippen LogP) is 0.897. The summed E-state index contributed by atoms with van der Waals surface area (Å²) < 4.78 is 28.1. The van der Waals surface area contributed by atoms with Crippen LogP contribution in [0.15, 0.2) is 23.1 Å². The van der Waals surface area contributed by atoms with Crippen molar-refractivity contribution in [1.82, 2.24) is 0 Å². The molecule has 1 fully saturated rings. The van der Waals surface area contributed by atoms with E-state index in [-0.39, 0.29) is 4.90 Å². The summed E-state index contributed by atoms with van der Waals surface area (Å²) in [5.74, 6) is 0. The minimum atomic E-state index is -3.73. The molecule has 106 valence electrons. The molecule has 0 bridgehead atoms. The monoisotopic (exact) mass is 285 g/mol. The highest BCUT2D eigenvalue weighted by Gasteiger charge is 2.15. The maximum absolute atomic E-state index is 11.3. The molecule has 1 saturated heterocycles. The Hall–Kier alpha value is -1.31. The van der Waals surface area contributed by atoms with Crippen molar-refractivity contribution in [2.75, 3.05) is 24.2 Å². The van der Waals surface area contributed by atoms with E-state index in [0.717, 1.165) is 25.9 Å². The quantitative estimate of drug-likeness (QED) is 0.697. The molecule has 0 aromatic heterocycles. The van der Waals surface area contributed by atoms with Gasteiger partial charge in [0.1, 0.15) is 0 Å². The summed E-state index contributed by atoms with van der Waals surface area (Å²) in [7, 11) is -3.73. The number of nitrogens with one attached hydrogen (secondary N) is 1. The highest BCUT2D eigenvalue weighted by molar-refractivity contribution is 7.89. The van der Waals surface area contributed by atoms with E-state index in [1.165, 1.54) is 12.1 Å². The van der Waals surface area contributed by atoms with Crippen LogP contribution in [-0.4, -0.2) is 27.7 Å². The largest absolute Gasteiger partial charge is 0.399 e. The minimum Gasteiger partial charge on any atom is -0.399 e. The lowest BCUT2D eigenvalue weighted by Crippen LogP contribution is -2.15. The van der Waals surface area contributed by atoms with E-state index in [1.807, 2.05) is 0 Å². The van der Waals surface area contributed by atoms with E-state index >= 15 is 0 Å². The second-order valence-corrected chi connectivity index (χ2v) is 6.25. The fourth-order valence-electron chi connectivity index (χ4n) is 2.14. The van der Waals surface area contributed by atoms with Gasteiger partial charge < -0.3 is 15.8 Å². The molecule has 0 aliphatic carbocycles. The van der Waals surface area contributed by atoms with Gasteiger partial charge in [-0.3, -0.25) is 0 Å². The molecule has 1 aliphatic heterocycles. The molecule has 7 heteroatoms. The molecule has 1 unspecified atom stereocenters. The lowest BCUT2D eigenvalue weighted by Gasteiger charge is -2.12. The maximum atomic E-state index is 11.3. The van der Waals surface area contributed by atoms with Gasteiger partial charge in [0.05, 0.1) is 11.0 Å². The summed E-state index contributed by atoms with van der Waals surface area (Å²) >= 11 is 0. The third-order valence-corrected chi connectivity index (χ3v) is 3.97. The zero-order chi connectivity index (χ0) is 13.9. The summed E-state index contributed by atoms with van der Waals surface area (Å²) in [4.78, 5) is 0.0205. The van der Waals surface area contributed by atoms with Crippen molar-refractivity contribution < 1.29 is 13.2 Å². The van der Waals surface area contributed by atoms with Crippen molar-refractivity contribution >= 4 is 21.4 Å². The van der Waals surface area contributed by atoms with E-state index in [1.54, 1.807) is 6.07 Å². The Kier molecular flexibility index (Phi) is 4.28. The molecule has 1 aromatic rings. The van der Waals surface area contributed by atoms with Gasteiger partial charge in [-0.2, -0.15) is 0 Å². The van der Waals surface area contributed by atoms with Crippen LogP contribution in [0.4, 0.5) is 11.4 Å². The summed E-state index contributed by atoms with van der Waals surface area (Å²) in [5, 5.41) is 8.24. The first kappa shape index (κ1) is 14.1. The second-order valence-electron chi connectivity index (χ2n) is 4.69. The van der Waals surface area contributed by atoms with Gasteiger partial charge in [-0.05, 0) is 37.5 Å². The van der Waals surface area contributed by atoms with E-state index in [9.17, 15) is 8.42 Å². The highest BCUT2D eigenvalue weighted by Crippen LogP contribution is 2.20. The number of ether oxygens (including phenoxy) is 1. The molecule has 1 aromatic carbocycles. The lowest BCUT2D eigenvalue weighted by molar-refractivity contribution is 0.107. The first-order chi connectivity index (χ1) is 8.95. The van der Waals surface area contributed by atoms with Crippen LogP contribution < -0.4 is 16.2 Å². The third kappa shape index (κ3) is 4.09. The molecular weight excluding hydrogens is 266 g/mol. The molecule has 19 heavy (non-hydrogen) atoms. The SMILES string of the molecule is Nc1cc(NCCC2CCCO2)cc(S(N)(=O)=O)c1. The Morgan fingerprint density at radius 2 is 2.16 bits per heavy atom. The first-order valence-electron chi connectivity index (χ1n) is 6.24. The van der Waals surface area contributed by atoms with Gasteiger partial charge in [-0.1, -0.05) is 0 Å². The van der Waals surface area contributed by atoms with Gasteiger partial charge in [0.25, 0.3) is 0 Å². The van der Waals surface area contributed by atoms with Gasteiger partial charge >= 0.3 is 0 Å². The summed E-state index contributed by atoms with van der Waals surface area (Å²) in [5.41, 5.74) is 6.69. The van der Waals surface area contributed by atoms with Crippen LogP contribution in [0.3, 0.4) is 0 Å². The van der Waals surface area contributed by atoms with E-state index in [2.05, 4.69) is 5.32 Å². The molecule has 1 heterocycles. The van der Waals surface area contributed by atoms with Crippen LogP contribution in [0.1, 0.15) is 19.3 Å². The molecule has 0 amide bonds. The van der Waals surface area contributed by atoms with E-state index < -0.39 is 10.0 Å². The molecule has 5 N–H and O–H groups in total. The number of benzene rings is 1. The molecule has 0 spiro atoms. The van der Waals surface area contributed by atoms with Gasteiger partial charge in [0.15, 0.2) is 0 Å². The van der Waals surface area contributed by atoms with Crippen LogP contribution in [0.2, 0.25) is 0 Å². The summed E-state index contributed by atoms with van der Waals surface area (Å²) in [6, 6.07) is 4.52. The van der Waals surface area contributed by atoms with Crippen LogP contribution in [-0.2, 0) is 14.8 Å². The number of hydrogen-bond acceptors (Lipinski definition) is 5. The predicted molar refractivity (Wildman–Crippen MR) is 74.3 cm³/mol. The number of hydrogen-bond donors (Lipinski definition) is 3. The smallest absolute Gasteiger partial charge is 0.238 e. The molecule has 0 radical (unpaired) electrons. The fourth-order valence-corrected chi connectivity index (χ4v) is 2.73. The Morgan fingerprint density at radius 3 is 2.79 bits per heavy atom. The summed E-state index contributed by atoms with van der Waals surface area (Å²) in [6.45, 7) is 1.54. The Balaban J connectivity index is 1.98. The van der Waals surface area contributed by atoms with Crippen molar-refractivity contribution in [2.24, 2.45) is 5.14 Å². The van der Waals surface area contributed by atoms with E-state index in [0.29, 0.717) is 24.0 Å². The summed E-state index contributed by atoms with van der Waals surface area (Å²) in [6.07, 6.45) is 3.38. The van der Waals surface area contributed by atoms with Crippen LogP contribution in [0.25, 0.3) is 0 Å². The average Bonchev–Trinajstić information content (AvgIpc) is 2.80. The number of nitrogens with two attached hydrogens (primary N) is 2. The molecule has 6 nitrogen and oxygen atoms in total. The van der Waals surface area contributed by atoms with Gasteiger partial charge in [-0.25, -0.2) is 13.6 Å². The Morgan fingerprint density at radius 1 is 1.37 bits per heavy atom. The van der Waals surface area contributed by atoms with Crippen molar-refractivity contribution in [1.29, 1.82) is 0 Å². The Bertz CT molecular complexity index is 539. The van der Waals surface area contributed by atoms with Crippen LogP contribution in [0, 0.1) is 0 Å². The molecule has 1 aliphatic rings. The maximum Gasteiger partial charge on any atom is 0.238 e. The number of nitrogen functional groups attached to an aromatic ring is 1. The Labute approximate surface area is 113 Å². The molecular formula is C12H19N3O3S. The number of sulfonamides is 1. The van der Waals surface area contributed by atoms with Crippen molar-refractivity contribution in [3.8, 4) is 0 Å². The second kappa shape index (κ2) is 5.77. The van der Waals surface area contributed by atoms with Crippen LogP contribution >= 0.6 is 0 Å². The number of anilines is 2. The standard InChI is InChI=1S/C12H19N3O3S/c13-9-6-10(8-12(7-9)19(14,16)17)15-4-3-11-2-1-5-18-11/h6-8,11,15H,1-5,13H2,(H2,14,16,17). The molecule has 1 atom stereocenters. The average molecular weight is 285 g/mol. The lowest BCUT2D eigenvalue weighted by atomic mass is 10.2. The molecule has 0 saturated carbocycles. The van der Waals surface area contributed by atoms with Crippen molar-refractivity contribution in [2.45, 2.75) is 30.3 Å². The van der Waals surface area contributed by atoms with Gasteiger partial charge in [0, 0.05) is 24.5 Å². The fraction of sp³-hybridized carbons (Fsp3) is 0.500. The highest BCUT2D eigenvalue weighted by atomic mass is 32.2. The van der Waals surface area contributed by atoms with Gasteiger partial charge in [0.2, 0.25) is 10.0 Å². The topological polar surface area (TPSA) is 107 Å². The third-order valence-electron chi connectivity index (χ3n) is 3.08. The van der Waals surface area contributed by atoms with E-state index in [4.69, 9.17) is 15.6 Å². The molecule has 2 rings (SSSR count).